The molecule has 0 saturated carbocycles. The van der Waals surface area contributed by atoms with Crippen LogP contribution in [0.2, 0.25) is 0 Å². The van der Waals surface area contributed by atoms with Crippen molar-refractivity contribution in [2.45, 2.75) is 26.4 Å². The number of nitrogens with zero attached hydrogens (tertiary/aromatic N) is 5. The molecule has 0 atom stereocenters. The summed E-state index contributed by atoms with van der Waals surface area (Å²) in [5.41, 5.74) is 0. The van der Waals surface area contributed by atoms with Gasteiger partial charge in [-0.1, -0.05) is 5.16 Å². The van der Waals surface area contributed by atoms with Gasteiger partial charge in [0.15, 0.2) is 6.33 Å². The zero-order chi connectivity index (χ0) is 11.2. The van der Waals surface area contributed by atoms with Crippen molar-refractivity contribution < 1.29 is 4.52 Å². The molecule has 16 heavy (non-hydrogen) atoms. The summed E-state index contributed by atoms with van der Waals surface area (Å²) in [6.07, 6.45) is 3.70. The number of hydrogen-bond acceptors (Lipinski definition) is 6. The van der Waals surface area contributed by atoms with E-state index in [4.69, 9.17) is 4.52 Å². The van der Waals surface area contributed by atoms with Crippen LogP contribution >= 0.6 is 0 Å². The molecule has 0 aromatic carbocycles. The molecule has 0 fully saturated rings. The highest BCUT2D eigenvalue weighted by molar-refractivity contribution is 4.84. The van der Waals surface area contributed by atoms with Crippen LogP contribution < -0.4 is 5.32 Å². The van der Waals surface area contributed by atoms with Crippen LogP contribution in [0.1, 0.15) is 18.6 Å². The summed E-state index contributed by atoms with van der Waals surface area (Å²) in [5.74, 6) is 1.58. The molecule has 2 aromatic rings. The summed E-state index contributed by atoms with van der Waals surface area (Å²) in [7, 11) is 0. The van der Waals surface area contributed by atoms with E-state index in [0.29, 0.717) is 12.4 Å². The van der Waals surface area contributed by atoms with Gasteiger partial charge in [-0.05, 0) is 6.92 Å². The molecule has 7 nitrogen and oxygen atoms in total. The lowest BCUT2D eigenvalue weighted by atomic mass is 10.4. The van der Waals surface area contributed by atoms with E-state index in [1.54, 1.807) is 6.33 Å². The van der Waals surface area contributed by atoms with Crippen LogP contribution in [-0.2, 0) is 19.5 Å². The van der Waals surface area contributed by atoms with Crippen LogP contribution in [0.4, 0.5) is 0 Å². The van der Waals surface area contributed by atoms with Gasteiger partial charge in [-0.15, -0.1) is 0 Å². The fraction of sp³-hybridized carbons (Fsp3) is 0.556. The fourth-order valence-corrected chi connectivity index (χ4v) is 1.39. The Morgan fingerprint density at radius 3 is 3.06 bits per heavy atom. The quantitative estimate of drug-likeness (QED) is 0.693. The molecule has 0 radical (unpaired) electrons. The summed E-state index contributed by atoms with van der Waals surface area (Å²) in [6, 6.07) is 0. The van der Waals surface area contributed by atoms with Crippen molar-refractivity contribution in [3.8, 4) is 0 Å². The van der Waals surface area contributed by atoms with Gasteiger partial charge in [0, 0.05) is 19.5 Å². The monoisotopic (exact) mass is 222 g/mol. The van der Waals surface area contributed by atoms with Gasteiger partial charge in [-0.3, -0.25) is 0 Å². The maximum absolute atomic E-state index is 4.88. The standard InChI is InChI=1S/C9H14N6O/c1-2-15-8(11-6-13-15)5-10-4-3-9-12-7-14-16-9/h6-7,10H,2-5H2,1H3. The lowest BCUT2D eigenvalue weighted by molar-refractivity contribution is 0.374. The molecule has 2 heterocycles. The van der Waals surface area contributed by atoms with E-state index in [0.717, 1.165) is 25.3 Å². The van der Waals surface area contributed by atoms with Crippen LogP contribution in [0.15, 0.2) is 17.2 Å². The Balaban J connectivity index is 1.72. The van der Waals surface area contributed by atoms with Crippen molar-refractivity contribution in [1.82, 2.24) is 30.2 Å². The summed E-state index contributed by atoms with van der Waals surface area (Å²) in [6.45, 7) is 4.35. The molecule has 0 spiro atoms. The Hall–Kier alpha value is -1.76. The predicted molar refractivity (Wildman–Crippen MR) is 55.4 cm³/mol. The van der Waals surface area contributed by atoms with Crippen LogP contribution in [-0.4, -0.2) is 31.4 Å². The van der Waals surface area contributed by atoms with Crippen molar-refractivity contribution in [2.24, 2.45) is 0 Å². The van der Waals surface area contributed by atoms with Crippen LogP contribution in [0.25, 0.3) is 0 Å². The maximum atomic E-state index is 4.88. The SMILES string of the molecule is CCn1ncnc1CNCCc1ncno1. The van der Waals surface area contributed by atoms with Gasteiger partial charge < -0.3 is 9.84 Å². The Morgan fingerprint density at radius 2 is 2.31 bits per heavy atom. The van der Waals surface area contributed by atoms with Crippen molar-refractivity contribution in [3.63, 3.8) is 0 Å². The first-order valence-electron chi connectivity index (χ1n) is 5.23. The first-order valence-corrected chi connectivity index (χ1v) is 5.23. The van der Waals surface area contributed by atoms with Gasteiger partial charge in [-0.25, -0.2) is 9.67 Å². The summed E-state index contributed by atoms with van der Waals surface area (Å²) in [4.78, 5) is 8.09. The van der Waals surface area contributed by atoms with E-state index in [-0.39, 0.29) is 0 Å². The molecule has 0 unspecified atom stereocenters. The molecule has 0 aliphatic rings. The first kappa shape index (κ1) is 10.7. The number of nitrogens with one attached hydrogen (secondary N) is 1. The highest BCUT2D eigenvalue weighted by Crippen LogP contribution is 1.94. The minimum atomic E-state index is 0.643. The second-order valence-electron chi connectivity index (χ2n) is 3.25. The average Bonchev–Trinajstić information content (AvgIpc) is 2.95. The molecule has 0 amide bonds. The maximum Gasteiger partial charge on any atom is 0.227 e. The molecular formula is C9H14N6O. The zero-order valence-electron chi connectivity index (χ0n) is 9.13. The Kier molecular flexibility index (Phi) is 3.60. The molecule has 86 valence electrons. The minimum absolute atomic E-state index is 0.643. The number of hydrogen-bond donors (Lipinski definition) is 1. The topological polar surface area (TPSA) is 81.7 Å². The second kappa shape index (κ2) is 5.36. The second-order valence-corrected chi connectivity index (χ2v) is 3.25. The van der Waals surface area contributed by atoms with Gasteiger partial charge in [0.25, 0.3) is 0 Å². The first-order chi connectivity index (χ1) is 7.90. The molecule has 7 heteroatoms. The van der Waals surface area contributed by atoms with Crippen molar-refractivity contribution in [2.75, 3.05) is 6.54 Å². The summed E-state index contributed by atoms with van der Waals surface area (Å²) >= 11 is 0. The van der Waals surface area contributed by atoms with Gasteiger partial charge in [0.2, 0.25) is 5.89 Å². The third-order valence-corrected chi connectivity index (χ3v) is 2.20. The lowest BCUT2D eigenvalue weighted by Crippen LogP contribution is -2.20. The van der Waals surface area contributed by atoms with Crippen molar-refractivity contribution in [3.05, 3.63) is 24.4 Å². The van der Waals surface area contributed by atoms with Gasteiger partial charge in [0.1, 0.15) is 12.2 Å². The van der Waals surface area contributed by atoms with E-state index in [1.165, 1.54) is 6.33 Å². The normalized spacial score (nSPS) is 10.8. The van der Waals surface area contributed by atoms with Crippen LogP contribution in [0.5, 0.6) is 0 Å². The number of aromatic nitrogens is 5. The van der Waals surface area contributed by atoms with Gasteiger partial charge in [0.05, 0.1) is 6.54 Å². The number of rotatable bonds is 6. The van der Waals surface area contributed by atoms with E-state index >= 15 is 0 Å². The van der Waals surface area contributed by atoms with E-state index in [9.17, 15) is 0 Å². The fourth-order valence-electron chi connectivity index (χ4n) is 1.39. The molecule has 0 aliphatic carbocycles. The van der Waals surface area contributed by atoms with E-state index < -0.39 is 0 Å². The Labute approximate surface area is 92.9 Å². The smallest absolute Gasteiger partial charge is 0.227 e. The Morgan fingerprint density at radius 1 is 1.38 bits per heavy atom. The molecule has 0 bridgehead atoms. The van der Waals surface area contributed by atoms with Gasteiger partial charge in [-0.2, -0.15) is 10.1 Å². The van der Waals surface area contributed by atoms with Gasteiger partial charge >= 0.3 is 0 Å². The third-order valence-electron chi connectivity index (χ3n) is 2.20. The van der Waals surface area contributed by atoms with Crippen molar-refractivity contribution in [1.29, 1.82) is 0 Å². The summed E-state index contributed by atoms with van der Waals surface area (Å²) in [5, 5.41) is 10.9. The van der Waals surface area contributed by atoms with E-state index in [1.807, 2.05) is 11.6 Å². The highest BCUT2D eigenvalue weighted by atomic mass is 16.5. The largest absolute Gasteiger partial charge is 0.340 e. The molecular weight excluding hydrogens is 208 g/mol. The highest BCUT2D eigenvalue weighted by Gasteiger charge is 2.02. The molecule has 0 saturated heterocycles. The third kappa shape index (κ3) is 2.63. The lowest BCUT2D eigenvalue weighted by Gasteiger charge is -2.03. The molecule has 1 N–H and O–H groups in total. The Bertz CT molecular complexity index is 409. The molecule has 2 aromatic heterocycles. The average molecular weight is 222 g/mol. The minimum Gasteiger partial charge on any atom is -0.340 e. The van der Waals surface area contributed by atoms with Crippen LogP contribution in [0.3, 0.4) is 0 Å². The molecule has 2 rings (SSSR count). The zero-order valence-corrected chi connectivity index (χ0v) is 9.13. The number of aryl methyl sites for hydroxylation is 1. The van der Waals surface area contributed by atoms with E-state index in [2.05, 4.69) is 25.5 Å². The van der Waals surface area contributed by atoms with Crippen molar-refractivity contribution >= 4 is 0 Å². The molecule has 0 aliphatic heterocycles. The predicted octanol–water partition coefficient (Wildman–Crippen LogP) is 0.0133. The van der Waals surface area contributed by atoms with Crippen LogP contribution in [0, 0.1) is 0 Å². The summed E-state index contributed by atoms with van der Waals surface area (Å²) < 4.78 is 6.74.